The highest BCUT2D eigenvalue weighted by Gasteiger charge is 2.40. The Morgan fingerprint density at radius 3 is 2.14 bits per heavy atom. The molecule has 0 spiro atoms. The van der Waals surface area contributed by atoms with Crippen molar-refractivity contribution in [2.24, 2.45) is 11.1 Å². The van der Waals surface area contributed by atoms with Gasteiger partial charge in [0.1, 0.15) is 11.6 Å². The van der Waals surface area contributed by atoms with E-state index in [2.05, 4.69) is 0 Å². The monoisotopic (exact) mass is 197 g/mol. The van der Waals surface area contributed by atoms with Crippen molar-refractivity contribution in [3.63, 3.8) is 0 Å². The Balaban J connectivity index is 2.16. The topological polar surface area (TPSA) is 26.0 Å². The molecule has 2 N–H and O–H groups in total. The van der Waals surface area contributed by atoms with Gasteiger partial charge in [-0.25, -0.2) is 8.78 Å². The van der Waals surface area contributed by atoms with Crippen molar-refractivity contribution in [2.45, 2.75) is 19.3 Å². The van der Waals surface area contributed by atoms with Gasteiger partial charge in [-0.15, -0.1) is 0 Å². The van der Waals surface area contributed by atoms with Gasteiger partial charge in [-0.3, -0.25) is 0 Å². The third-order valence-corrected chi connectivity index (χ3v) is 2.89. The summed E-state index contributed by atoms with van der Waals surface area (Å²) >= 11 is 0. The SMILES string of the molecule is NCC1(Cc2cc(F)cc(F)c2)CC1. The van der Waals surface area contributed by atoms with E-state index in [-0.39, 0.29) is 5.41 Å². The first-order valence-corrected chi connectivity index (χ1v) is 4.79. The van der Waals surface area contributed by atoms with E-state index in [1.807, 2.05) is 0 Å². The van der Waals surface area contributed by atoms with Crippen molar-refractivity contribution >= 4 is 0 Å². The summed E-state index contributed by atoms with van der Waals surface area (Å²) in [4.78, 5) is 0. The summed E-state index contributed by atoms with van der Waals surface area (Å²) in [6.45, 7) is 0.602. The van der Waals surface area contributed by atoms with Gasteiger partial charge in [0, 0.05) is 6.07 Å². The zero-order valence-electron chi connectivity index (χ0n) is 7.89. The van der Waals surface area contributed by atoms with Crippen molar-refractivity contribution in [1.29, 1.82) is 0 Å². The Hall–Kier alpha value is -0.960. The van der Waals surface area contributed by atoms with Gasteiger partial charge in [0.25, 0.3) is 0 Å². The van der Waals surface area contributed by atoms with E-state index in [0.29, 0.717) is 18.5 Å². The van der Waals surface area contributed by atoms with Gasteiger partial charge < -0.3 is 5.73 Å². The van der Waals surface area contributed by atoms with E-state index in [1.165, 1.54) is 12.1 Å². The average Bonchev–Trinajstić information content (AvgIpc) is 2.83. The molecule has 1 aliphatic carbocycles. The van der Waals surface area contributed by atoms with E-state index in [9.17, 15) is 8.78 Å². The molecule has 1 saturated carbocycles. The van der Waals surface area contributed by atoms with Gasteiger partial charge in [-0.1, -0.05) is 0 Å². The Labute approximate surface area is 81.9 Å². The molecule has 0 bridgehead atoms. The Bertz CT molecular complexity index is 325. The van der Waals surface area contributed by atoms with Crippen molar-refractivity contribution in [1.82, 2.24) is 0 Å². The van der Waals surface area contributed by atoms with Crippen molar-refractivity contribution in [2.75, 3.05) is 6.54 Å². The minimum absolute atomic E-state index is 0.125. The molecule has 0 saturated heterocycles. The van der Waals surface area contributed by atoms with E-state index < -0.39 is 11.6 Å². The predicted molar refractivity (Wildman–Crippen MR) is 50.8 cm³/mol. The first-order chi connectivity index (χ1) is 6.63. The normalized spacial score (nSPS) is 18.2. The van der Waals surface area contributed by atoms with Gasteiger partial charge in [0.05, 0.1) is 0 Å². The lowest BCUT2D eigenvalue weighted by atomic mass is 9.96. The second kappa shape index (κ2) is 3.31. The summed E-state index contributed by atoms with van der Waals surface area (Å²) in [5.74, 6) is -1.01. The Kier molecular flexibility index (Phi) is 2.27. The fourth-order valence-electron chi connectivity index (χ4n) is 1.78. The number of hydrogen-bond acceptors (Lipinski definition) is 1. The minimum atomic E-state index is -0.507. The molecule has 0 amide bonds. The number of rotatable bonds is 3. The maximum absolute atomic E-state index is 12.9. The second-order valence-electron chi connectivity index (χ2n) is 4.16. The molecule has 1 aliphatic rings. The molecule has 14 heavy (non-hydrogen) atoms. The molecule has 1 fully saturated rings. The maximum Gasteiger partial charge on any atom is 0.126 e. The van der Waals surface area contributed by atoms with Crippen LogP contribution in [0.2, 0.25) is 0 Å². The van der Waals surface area contributed by atoms with Crippen LogP contribution in [0.5, 0.6) is 0 Å². The molecule has 0 aromatic heterocycles. The third kappa shape index (κ3) is 1.93. The van der Waals surface area contributed by atoms with Crippen LogP contribution in [0.4, 0.5) is 8.78 Å². The molecule has 0 heterocycles. The lowest BCUT2D eigenvalue weighted by Gasteiger charge is -2.11. The second-order valence-corrected chi connectivity index (χ2v) is 4.16. The van der Waals surface area contributed by atoms with Crippen LogP contribution in [0.25, 0.3) is 0 Å². The third-order valence-electron chi connectivity index (χ3n) is 2.89. The van der Waals surface area contributed by atoms with Gasteiger partial charge >= 0.3 is 0 Å². The summed E-state index contributed by atoms with van der Waals surface area (Å²) in [7, 11) is 0. The van der Waals surface area contributed by atoms with Gasteiger partial charge in [-0.2, -0.15) is 0 Å². The summed E-state index contributed by atoms with van der Waals surface area (Å²) in [6, 6.07) is 3.67. The highest BCUT2D eigenvalue weighted by Crippen LogP contribution is 2.47. The number of benzene rings is 1. The first-order valence-electron chi connectivity index (χ1n) is 4.79. The van der Waals surface area contributed by atoms with Crippen LogP contribution < -0.4 is 5.73 Å². The van der Waals surface area contributed by atoms with E-state index >= 15 is 0 Å². The summed E-state index contributed by atoms with van der Waals surface area (Å²) < 4.78 is 25.7. The van der Waals surface area contributed by atoms with E-state index in [1.54, 1.807) is 0 Å². The molecule has 1 nitrogen and oxygen atoms in total. The highest BCUT2D eigenvalue weighted by molar-refractivity contribution is 5.21. The van der Waals surface area contributed by atoms with E-state index in [0.717, 1.165) is 18.9 Å². The first kappa shape index (κ1) is 9.59. The van der Waals surface area contributed by atoms with Gasteiger partial charge in [0.15, 0.2) is 0 Å². The molecule has 0 radical (unpaired) electrons. The number of halogens is 2. The zero-order valence-corrected chi connectivity index (χ0v) is 7.89. The lowest BCUT2D eigenvalue weighted by molar-refractivity contribution is 0.513. The van der Waals surface area contributed by atoms with Gasteiger partial charge in [-0.05, 0) is 48.9 Å². The molecule has 2 rings (SSSR count). The molecular weight excluding hydrogens is 184 g/mol. The van der Waals surface area contributed by atoms with Crippen LogP contribution in [-0.4, -0.2) is 6.54 Å². The Morgan fingerprint density at radius 1 is 1.14 bits per heavy atom. The minimum Gasteiger partial charge on any atom is -0.330 e. The molecule has 0 unspecified atom stereocenters. The standard InChI is InChI=1S/C11H13F2N/c12-9-3-8(4-10(13)5-9)6-11(7-14)1-2-11/h3-5H,1-2,6-7,14H2. The molecule has 0 aliphatic heterocycles. The largest absolute Gasteiger partial charge is 0.330 e. The fourth-order valence-corrected chi connectivity index (χ4v) is 1.78. The van der Waals surface area contributed by atoms with Crippen molar-refractivity contribution in [3.8, 4) is 0 Å². The number of nitrogens with two attached hydrogens (primary N) is 1. The summed E-state index contributed by atoms with van der Waals surface area (Å²) in [5.41, 5.74) is 6.44. The lowest BCUT2D eigenvalue weighted by Crippen LogP contribution is -2.18. The van der Waals surface area contributed by atoms with Crippen LogP contribution in [0.15, 0.2) is 18.2 Å². The fraction of sp³-hybridized carbons (Fsp3) is 0.455. The summed E-state index contributed by atoms with van der Waals surface area (Å²) in [5, 5.41) is 0. The molecular formula is C11H13F2N. The molecule has 0 atom stereocenters. The average molecular weight is 197 g/mol. The van der Waals surface area contributed by atoms with Crippen molar-refractivity contribution in [3.05, 3.63) is 35.4 Å². The molecule has 3 heteroatoms. The molecule has 1 aromatic rings. The maximum atomic E-state index is 12.9. The Morgan fingerprint density at radius 2 is 1.71 bits per heavy atom. The molecule has 76 valence electrons. The van der Waals surface area contributed by atoms with Crippen LogP contribution in [-0.2, 0) is 6.42 Å². The molecule has 1 aromatic carbocycles. The summed E-state index contributed by atoms with van der Waals surface area (Å²) in [6.07, 6.45) is 2.83. The van der Waals surface area contributed by atoms with Crippen LogP contribution in [0, 0.1) is 17.0 Å². The van der Waals surface area contributed by atoms with Crippen LogP contribution in [0.3, 0.4) is 0 Å². The van der Waals surface area contributed by atoms with Crippen LogP contribution >= 0.6 is 0 Å². The highest BCUT2D eigenvalue weighted by atomic mass is 19.1. The zero-order chi connectivity index (χ0) is 10.2. The van der Waals surface area contributed by atoms with Crippen LogP contribution in [0.1, 0.15) is 18.4 Å². The van der Waals surface area contributed by atoms with E-state index in [4.69, 9.17) is 5.73 Å². The number of hydrogen-bond donors (Lipinski definition) is 1. The smallest absolute Gasteiger partial charge is 0.126 e. The predicted octanol–water partition coefficient (Wildman–Crippen LogP) is 2.25. The quantitative estimate of drug-likeness (QED) is 0.790. The van der Waals surface area contributed by atoms with Crippen molar-refractivity contribution < 1.29 is 8.78 Å². The van der Waals surface area contributed by atoms with Gasteiger partial charge in [0.2, 0.25) is 0 Å².